The van der Waals surface area contributed by atoms with Gasteiger partial charge < -0.3 is 10.6 Å². The van der Waals surface area contributed by atoms with E-state index in [1.807, 2.05) is 0 Å². The van der Waals surface area contributed by atoms with Gasteiger partial charge in [0.25, 0.3) is 5.91 Å². The maximum absolute atomic E-state index is 11.7. The van der Waals surface area contributed by atoms with Crippen molar-refractivity contribution in [1.29, 1.82) is 0 Å². The summed E-state index contributed by atoms with van der Waals surface area (Å²) in [7, 11) is 0. The third-order valence-corrected chi connectivity index (χ3v) is 2.79. The second-order valence-corrected chi connectivity index (χ2v) is 4.58. The van der Waals surface area contributed by atoms with Crippen molar-refractivity contribution < 1.29 is 9.59 Å². The Labute approximate surface area is 113 Å². The van der Waals surface area contributed by atoms with Crippen molar-refractivity contribution in [3.8, 4) is 0 Å². The number of hydrogen-bond acceptors (Lipinski definition) is 5. The van der Waals surface area contributed by atoms with Gasteiger partial charge >= 0.3 is 0 Å². The molecule has 104 valence electrons. The number of rotatable bonds is 5. The fraction of sp³-hybridized carbons (Fsp3) is 0.364. The summed E-state index contributed by atoms with van der Waals surface area (Å²) in [6.07, 6.45) is 6.48. The number of H-pyrrole nitrogens is 1. The summed E-state index contributed by atoms with van der Waals surface area (Å²) >= 11 is 0. The molecule has 2 aromatic heterocycles. The molecule has 3 N–H and O–H groups in total. The van der Waals surface area contributed by atoms with E-state index in [1.54, 1.807) is 6.20 Å². The Balaban J connectivity index is 1.56. The molecule has 0 radical (unpaired) electrons. The zero-order valence-electron chi connectivity index (χ0n) is 10.5. The quantitative estimate of drug-likeness (QED) is 0.682. The molecule has 0 spiro atoms. The number of hydrogen-bond donors (Lipinski definition) is 3. The number of nitrogens with one attached hydrogen (secondary N) is 3. The normalized spacial score (nSPS) is 14.0. The first kappa shape index (κ1) is 12.3. The van der Waals surface area contributed by atoms with E-state index in [-0.39, 0.29) is 24.1 Å². The molecule has 3 rings (SSSR count). The summed E-state index contributed by atoms with van der Waals surface area (Å²) in [5.41, 5.74) is 0.682. The van der Waals surface area contributed by atoms with Gasteiger partial charge in [-0.2, -0.15) is 20.5 Å². The van der Waals surface area contributed by atoms with Crippen LogP contribution in [0.15, 0.2) is 18.6 Å². The van der Waals surface area contributed by atoms with E-state index in [0.717, 1.165) is 12.8 Å². The molecule has 1 saturated carbocycles. The fourth-order valence-electron chi connectivity index (χ4n) is 1.67. The molecule has 1 fully saturated rings. The molecule has 2 amide bonds. The van der Waals surface area contributed by atoms with Crippen LogP contribution in [0.3, 0.4) is 0 Å². The molecule has 0 saturated heterocycles. The summed E-state index contributed by atoms with van der Waals surface area (Å²) in [6, 6.07) is 0.324. The maximum Gasteiger partial charge on any atom is 0.277 e. The van der Waals surface area contributed by atoms with Crippen LogP contribution in [0.2, 0.25) is 0 Å². The highest BCUT2D eigenvalue weighted by atomic mass is 16.2. The number of aromatic amines is 1. The largest absolute Gasteiger partial charge is 0.352 e. The molecule has 9 heteroatoms. The van der Waals surface area contributed by atoms with E-state index in [1.165, 1.54) is 17.1 Å². The molecule has 2 aromatic rings. The number of carbonyl (C=O) groups is 2. The number of aromatic nitrogens is 5. The van der Waals surface area contributed by atoms with E-state index in [9.17, 15) is 9.59 Å². The molecule has 0 bridgehead atoms. The average molecular weight is 275 g/mol. The van der Waals surface area contributed by atoms with Gasteiger partial charge in [0.1, 0.15) is 6.54 Å². The first-order valence-electron chi connectivity index (χ1n) is 6.19. The van der Waals surface area contributed by atoms with Crippen molar-refractivity contribution in [2.75, 3.05) is 5.32 Å². The van der Waals surface area contributed by atoms with Crippen molar-refractivity contribution in [3.63, 3.8) is 0 Å². The smallest absolute Gasteiger partial charge is 0.277 e. The third kappa shape index (κ3) is 2.99. The first-order chi connectivity index (χ1) is 9.70. The lowest BCUT2D eigenvalue weighted by atomic mass is 10.4. The minimum absolute atomic E-state index is 0.0787. The number of anilines is 1. The predicted molar refractivity (Wildman–Crippen MR) is 67.7 cm³/mol. The molecule has 2 heterocycles. The standard InChI is InChI=1S/C11H13N7O2/c19-10(14-7-1-2-7)6-18-5-8(3-13-18)15-11(20)9-4-12-17-16-9/h3-5,7H,1-2,6H2,(H,14,19)(H,15,20)(H,12,16,17). The van der Waals surface area contributed by atoms with Gasteiger partial charge in [0, 0.05) is 12.2 Å². The summed E-state index contributed by atoms with van der Waals surface area (Å²) in [5, 5.41) is 19.1. The molecule has 1 aliphatic carbocycles. The van der Waals surface area contributed by atoms with Crippen LogP contribution in [0, 0.1) is 0 Å². The van der Waals surface area contributed by atoms with Gasteiger partial charge in [-0.1, -0.05) is 0 Å². The van der Waals surface area contributed by atoms with Crippen LogP contribution in [0.25, 0.3) is 0 Å². The number of nitrogens with zero attached hydrogens (tertiary/aromatic N) is 4. The molecule has 0 aromatic carbocycles. The molecule has 0 aliphatic heterocycles. The second-order valence-electron chi connectivity index (χ2n) is 4.58. The van der Waals surface area contributed by atoms with Crippen molar-refractivity contribution in [3.05, 3.63) is 24.3 Å². The van der Waals surface area contributed by atoms with Crippen molar-refractivity contribution in [2.45, 2.75) is 25.4 Å². The average Bonchev–Trinajstić information content (AvgIpc) is 2.93. The van der Waals surface area contributed by atoms with Gasteiger partial charge in [-0.15, -0.1) is 0 Å². The van der Waals surface area contributed by atoms with Gasteiger partial charge in [0.2, 0.25) is 5.91 Å². The molecule has 9 nitrogen and oxygen atoms in total. The van der Waals surface area contributed by atoms with Crippen LogP contribution in [-0.2, 0) is 11.3 Å². The topological polar surface area (TPSA) is 118 Å². The van der Waals surface area contributed by atoms with Crippen LogP contribution in [0.4, 0.5) is 5.69 Å². The Hall–Kier alpha value is -2.71. The number of carbonyl (C=O) groups excluding carboxylic acids is 2. The van der Waals surface area contributed by atoms with Crippen LogP contribution in [0.1, 0.15) is 23.3 Å². The molecule has 0 unspecified atom stereocenters. The second kappa shape index (κ2) is 5.11. The van der Waals surface area contributed by atoms with Crippen molar-refractivity contribution in [2.24, 2.45) is 0 Å². The van der Waals surface area contributed by atoms with Gasteiger partial charge in [-0.05, 0) is 12.8 Å². The van der Waals surface area contributed by atoms with E-state index >= 15 is 0 Å². The van der Waals surface area contributed by atoms with Gasteiger partial charge in [-0.25, -0.2) is 0 Å². The highest BCUT2D eigenvalue weighted by molar-refractivity contribution is 6.02. The Bertz CT molecular complexity index is 615. The zero-order valence-corrected chi connectivity index (χ0v) is 10.5. The predicted octanol–water partition coefficient (Wildman–Crippen LogP) is -0.468. The summed E-state index contributed by atoms with van der Waals surface area (Å²) in [6.45, 7) is 0.135. The van der Waals surface area contributed by atoms with E-state index in [2.05, 4.69) is 31.1 Å². The number of amides is 2. The first-order valence-corrected chi connectivity index (χ1v) is 6.19. The molecule has 1 aliphatic rings. The van der Waals surface area contributed by atoms with Crippen LogP contribution < -0.4 is 10.6 Å². The van der Waals surface area contributed by atoms with E-state index in [4.69, 9.17) is 0 Å². The van der Waals surface area contributed by atoms with Gasteiger partial charge in [0.15, 0.2) is 5.69 Å². The summed E-state index contributed by atoms with van der Waals surface area (Å²) in [4.78, 5) is 23.3. The monoisotopic (exact) mass is 275 g/mol. The van der Waals surface area contributed by atoms with Gasteiger partial charge in [-0.3, -0.25) is 14.3 Å². The highest BCUT2D eigenvalue weighted by Gasteiger charge is 2.23. The fourth-order valence-corrected chi connectivity index (χ4v) is 1.67. The maximum atomic E-state index is 11.7. The lowest BCUT2D eigenvalue weighted by Gasteiger charge is -2.02. The zero-order chi connectivity index (χ0) is 13.9. The minimum Gasteiger partial charge on any atom is -0.352 e. The Morgan fingerprint density at radius 1 is 1.40 bits per heavy atom. The lowest BCUT2D eigenvalue weighted by molar-refractivity contribution is -0.122. The van der Waals surface area contributed by atoms with Crippen LogP contribution >= 0.6 is 0 Å². The molecule has 20 heavy (non-hydrogen) atoms. The Morgan fingerprint density at radius 3 is 2.95 bits per heavy atom. The van der Waals surface area contributed by atoms with E-state index in [0.29, 0.717) is 11.7 Å². The van der Waals surface area contributed by atoms with Gasteiger partial charge in [0.05, 0.1) is 18.1 Å². The Kier molecular flexibility index (Phi) is 3.15. The van der Waals surface area contributed by atoms with Crippen molar-refractivity contribution >= 4 is 17.5 Å². The molecular weight excluding hydrogens is 262 g/mol. The molecule has 0 atom stereocenters. The minimum atomic E-state index is -0.388. The SMILES string of the molecule is O=C(Cn1cc(NC(=O)c2cn[nH]n2)cn1)NC1CC1. The lowest BCUT2D eigenvalue weighted by Crippen LogP contribution is -2.29. The Morgan fingerprint density at radius 2 is 2.25 bits per heavy atom. The van der Waals surface area contributed by atoms with E-state index < -0.39 is 0 Å². The molecular formula is C11H13N7O2. The van der Waals surface area contributed by atoms with Crippen molar-refractivity contribution in [1.82, 2.24) is 30.5 Å². The highest BCUT2D eigenvalue weighted by Crippen LogP contribution is 2.18. The van der Waals surface area contributed by atoms with Crippen LogP contribution in [0.5, 0.6) is 0 Å². The summed E-state index contributed by atoms with van der Waals surface area (Å²) in [5.74, 6) is -0.467. The summed E-state index contributed by atoms with van der Waals surface area (Å²) < 4.78 is 1.47. The van der Waals surface area contributed by atoms with Crippen LogP contribution in [-0.4, -0.2) is 43.0 Å². The third-order valence-electron chi connectivity index (χ3n) is 2.79.